The van der Waals surface area contributed by atoms with Crippen molar-refractivity contribution in [3.8, 4) is 0 Å². The first-order chi connectivity index (χ1) is 22.5. The van der Waals surface area contributed by atoms with Crippen LogP contribution in [0.3, 0.4) is 0 Å². The van der Waals surface area contributed by atoms with E-state index in [1.54, 1.807) is 0 Å². The molecule has 0 aromatic rings. The minimum atomic E-state index is -4.36. The van der Waals surface area contributed by atoms with Crippen molar-refractivity contribution in [3.63, 3.8) is 0 Å². The quantitative estimate of drug-likeness (QED) is 0.0234. The van der Waals surface area contributed by atoms with Crippen LogP contribution in [-0.2, 0) is 32.7 Å². The maximum absolute atomic E-state index is 12.6. The standard InChI is InChI=1S/C37H72NO8P/c1-6-8-10-12-14-16-18-20-21-23-25-27-29-36(39)43-33-35(34-45-47(41,42)44-32-31-38(3,4)5)46-37(40)30-28-26-24-22-19-17-15-13-11-9-7-2/h13,15,35H,6-12,14,16-34H2,1-5H3/p+1/b15-13-. The van der Waals surface area contributed by atoms with E-state index in [4.69, 9.17) is 18.5 Å². The highest BCUT2D eigenvalue weighted by molar-refractivity contribution is 7.47. The van der Waals surface area contributed by atoms with E-state index in [2.05, 4.69) is 26.0 Å². The van der Waals surface area contributed by atoms with Crippen LogP contribution in [-0.4, -0.2) is 74.9 Å². The largest absolute Gasteiger partial charge is 0.472 e. The van der Waals surface area contributed by atoms with Gasteiger partial charge in [0.15, 0.2) is 6.10 Å². The maximum atomic E-state index is 12.6. The summed E-state index contributed by atoms with van der Waals surface area (Å²) in [5, 5.41) is 0. The Labute approximate surface area is 288 Å². The molecular weight excluding hydrogens is 617 g/mol. The van der Waals surface area contributed by atoms with Gasteiger partial charge in [0.05, 0.1) is 27.7 Å². The highest BCUT2D eigenvalue weighted by Gasteiger charge is 2.27. The molecule has 47 heavy (non-hydrogen) atoms. The first kappa shape index (κ1) is 45.8. The molecule has 9 nitrogen and oxygen atoms in total. The van der Waals surface area contributed by atoms with E-state index in [9.17, 15) is 19.0 Å². The number of unbranched alkanes of at least 4 members (excludes halogenated alkanes) is 18. The summed E-state index contributed by atoms with van der Waals surface area (Å²) in [6.45, 7) is 4.36. The fourth-order valence-corrected chi connectivity index (χ4v) is 5.74. The van der Waals surface area contributed by atoms with Gasteiger partial charge in [-0.15, -0.1) is 0 Å². The van der Waals surface area contributed by atoms with Crippen LogP contribution >= 0.6 is 7.82 Å². The number of carbonyl (C=O) groups is 2. The zero-order chi connectivity index (χ0) is 35.1. The number of hydrogen-bond donors (Lipinski definition) is 1. The number of ether oxygens (including phenoxy) is 2. The molecule has 0 spiro atoms. The molecule has 2 atom stereocenters. The van der Waals surface area contributed by atoms with E-state index in [-0.39, 0.29) is 25.6 Å². The first-order valence-corrected chi connectivity index (χ1v) is 20.4. The van der Waals surface area contributed by atoms with Crippen molar-refractivity contribution < 1.29 is 42.1 Å². The molecule has 0 amide bonds. The van der Waals surface area contributed by atoms with Gasteiger partial charge in [-0.1, -0.05) is 129 Å². The average molecular weight is 691 g/mol. The van der Waals surface area contributed by atoms with E-state index in [1.165, 1.54) is 70.6 Å². The number of rotatable bonds is 34. The molecule has 0 bridgehead atoms. The van der Waals surface area contributed by atoms with Gasteiger partial charge in [-0.05, 0) is 32.1 Å². The summed E-state index contributed by atoms with van der Waals surface area (Å²) in [5.41, 5.74) is 0. The molecule has 1 N–H and O–H groups in total. The third-order valence-corrected chi connectivity index (χ3v) is 9.03. The SMILES string of the molecule is CCCC/C=C\CCCCCCCC(=O)OC(COC(=O)CCCCCCCCCCCCCC)COP(=O)(O)OCC[N+](C)(C)C. The number of nitrogens with zero attached hydrogens (tertiary/aromatic N) is 1. The van der Waals surface area contributed by atoms with Crippen LogP contribution in [0.15, 0.2) is 12.2 Å². The second-order valence-electron chi connectivity index (χ2n) is 14.0. The molecule has 0 radical (unpaired) electrons. The van der Waals surface area contributed by atoms with Gasteiger partial charge in [-0.2, -0.15) is 0 Å². The van der Waals surface area contributed by atoms with Crippen LogP contribution in [0.25, 0.3) is 0 Å². The van der Waals surface area contributed by atoms with E-state index in [1.807, 2.05) is 21.1 Å². The molecule has 0 aromatic heterocycles. The van der Waals surface area contributed by atoms with Crippen molar-refractivity contribution in [2.45, 2.75) is 168 Å². The molecule has 0 heterocycles. The van der Waals surface area contributed by atoms with Crippen molar-refractivity contribution in [1.82, 2.24) is 0 Å². The molecule has 0 saturated heterocycles. The van der Waals surface area contributed by atoms with Crippen LogP contribution < -0.4 is 0 Å². The number of likely N-dealkylation sites (N-methyl/N-ethyl adjacent to an activating group) is 1. The Hall–Kier alpha value is -1.25. The second kappa shape index (κ2) is 30.8. The van der Waals surface area contributed by atoms with Gasteiger partial charge in [0.25, 0.3) is 0 Å². The molecule has 0 aliphatic rings. The monoisotopic (exact) mass is 691 g/mol. The third-order valence-electron chi connectivity index (χ3n) is 8.05. The number of quaternary nitrogens is 1. The van der Waals surface area contributed by atoms with E-state index >= 15 is 0 Å². The molecule has 278 valence electrons. The molecule has 2 unspecified atom stereocenters. The molecule has 0 rings (SSSR count). The third kappa shape index (κ3) is 34.4. The van der Waals surface area contributed by atoms with Crippen LogP contribution in [0.2, 0.25) is 0 Å². The molecule has 0 aliphatic carbocycles. The van der Waals surface area contributed by atoms with Crippen molar-refractivity contribution in [1.29, 1.82) is 0 Å². The predicted octanol–water partition coefficient (Wildman–Crippen LogP) is 9.85. The summed E-state index contributed by atoms with van der Waals surface area (Å²) in [7, 11) is 1.47. The zero-order valence-corrected chi connectivity index (χ0v) is 31.9. The maximum Gasteiger partial charge on any atom is 0.472 e. The van der Waals surface area contributed by atoms with E-state index in [0.29, 0.717) is 23.9 Å². The summed E-state index contributed by atoms with van der Waals surface area (Å²) in [5.74, 6) is -0.807. The Kier molecular flexibility index (Phi) is 30.0. The summed E-state index contributed by atoms with van der Waals surface area (Å²) >= 11 is 0. The van der Waals surface area contributed by atoms with Crippen LogP contribution in [0.1, 0.15) is 162 Å². The van der Waals surface area contributed by atoms with Gasteiger partial charge in [0.2, 0.25) is 0 Å². The summed E-state index contributed by atoms with van der Waals surface area (Å²) < 4.78 is 34.1. The number of phosphoric acid groups is 1. The van der Waals surface area contributed by atoms with Crippen LogP contribution in [0, 0.1) is 0 Å². The molecule has 10 heteroatoms. The zero-order valence-electron chi connectivity index (χ0n) is 31.0. The Morgan fingerprint density at radius 1 is 0.638 bits per heavy atom. The molecule has 0 aromatic carbocycles. The smallest absolute Gasteiger partial charge is 0.462 e. The normalized spacial score (nSPS) is 13.9. The van der Waals surface area contributed by atoms with Gasteiger partial charge < -0.3 is 18.9 Å². The summed E-state index contributed by atoms with van der Waals surface area (Å²) in [6, 6.07) is 0. The number of hydrogen-bond acceptors (Lipinski definition) is 7. The molecule has 0 saturated carbocycles. The Balaban J connectivity index is 4.45. The van der Waals surface area contributed by atoms with Gasteiger partial charge in [0, 0.05) is 12.8 Å². The van der Waals surface area contributed by atoms with Gasteiger partial charge in [0.1, 0.15) is 19.8 Å². The van der Waals surface area contributed by atoms with Crippen molar-refractivity contribution in [3.05, 3.63) is 12.2 Å². The van der Waals surface area contributed by atoms with Crippen LogP contribution in [0.5, 0.6) is 0 Å². The fourth-order valence-electron chi connectivity index (χ4n) is 4.99. The number of allylic oxidation sites excluding steroid dienone is 2. The second-order valence-corrected chi connectivity index (χ2v) is 15.4. The lowest BCUT2D eigenvalue weighted by atomic mass is 10.0. The van der Waals surface area contributed by atoms with Gasteiger partial charge in [-0.3, -0.25) is 18.6 Å². The highest BCUT2D eigenvalue weighted by Crippen LogP contribution is 2.43. The predicted molar refractivity (Wildman–Crippen MR) is 192 cm³/mol. The lowest BCUT2D eigenvalue weighted by Crippen LogP contribution is -2.37. The molecule has 0 fully saturated rings. The minimum Gasteiger partial charge on any atom is -0.462 e. The highest BCUT2D eigenvalue weighted by atomic mass is 31.2. The fraction of sp³-hybridized carbons (Fsp3) is 0.892. The van der Waals surface area contributed by atoms with Gasteiger partial charge >= 0.3 is 19.8 Å². The van der Waals surface area contributed by atoms with Crippen LogP contribution in [0.4, 0.5) is 0 Å². The van der Waals surface area contributed by atoms with E-state index < -0.39 is 26.5 Å². The first-order valence-electron chi connectivity index (χ1n) is 18.9. The molecular formula is C37H73NO8P+. The average Bonchev–Trinajstić information content (AvgIpc) is 3.01. The number of phosphoric ester groups is 1. The van der Waals surface area contributed by atoms with Crippen molar-refractivity contribution >= 4 is 19.8 Å². The topological polar surface area (TPSA) is 108 Å². The number of carbonyl (C=O) groups excluding carboxylic acids is 2. The van der Waals surface area contributed by atoms with Crippen molar-refractivity contribution in [2.75, 3.05) is 47.5 Å². The van der Waals surface area contributed by atoms with Crippen molar-refractivity contribution in [2.24, 2.45) is 0 Å². The lowest BCUT2D eigenvalue weighted by Gasteiger charge is -2.24. The molecule has 0 aliphatic heterocycles. The Morgan fingerprint density at radius 3 is 1.64 bits per heavy atom. The number of esters is 2. The summed E-state index contributed by atoms with van der Waals surface area (Å²) in [4.78, 5) is 35.1. The summed E-state index contributed by atoms with van der Waals surface area (Å²) in [6.07, 6.45) is 28.3. The lowest BCUT2D eigenvalue weighted by molar-refractivity contribution is -0.870. The van der Waals surface area contributed by atoms with E-state index in [0.717, 1.165) is 57.8 Å². The Morgan fingerprint density at radius 2 is 1.11 bits per heavy atom. The Bertz CT molecular complexity index is 830. The van der Waals surface area contributed by atoms with Gasteiger partial charge in [-0.25, -0.2) is 4.57 Å². The minimum absolute atomic E-state index is 0.0326.